The molecule has 12 nitrogen and oxygen atoms in total. The van der Waals surface area contributed by atoms with E-state index in [-0.39, 0.29) is 0 Å². The van der Waals surface area contributed by atoms with Crippen molar-refractivity contribution < 1.29 is 29.1 Å². The maximum atomic E-state index is 11.6. The van der Waals surface area contributed by atoms with Crippen LogP contribution in [0.4, 0.5) is 5.95 Å². The molecule has 5 N–H and O–H groups in total. The number of likely N-dealkylation sites (N-methyl/N-ethyl adjacent to an activating group) is 1. The molecule has 0 spiro atoms. The summed E-state index contributed by atoms with van der Waals surface area (Å²) in [6.45, 7) is 2.45. The Morgan fingerprint density at radius 3 is 2.36 bits per heavy atom. The molecule has 13 heteroatoms. The van der Waals surface area contributed by atoms with Gasteiger partial charge in [-0.2, -0.15) is 0 Å². The molecule has 1 fully saturated rings. The summed E-state index contributed by atoms with van der Waals surface area (Å²) < 4.78 is 16.2. The number of rotatable bonds is 6. The van der Waals surface area contributed by atoms with E-state index in [1.807, 2.05) is 48.5 Å². The number of hydrogen-bond donors (Lipinski definition) is 5. The third kappa shape index (κ3) is 4.86. The Kier molecular flexibility index (Phi) is 6.74. The predicted octanol–water partition coefficient (Wildman–Crippen LogP) is 1.79. The van der Waals surface area contributed by atoms with Gasteiger partial charge in [-0.05, 0) is 19.2 Å². The van der Waals surface area contributed by atoms with Crippen LogP contribution in [-0.4, -0.2) is 97.2 Å². The Labute approximate surface area is 224 Å². The molecule has 4 heterocycles. The Bertz CT molecular complexity index is 1610. The Hall–Kier alpha value is -3.19. The van der Waals surface area contributed by atoms with Gasteiger partial charge in [-0.25, -0.2) is 19.4 Å². The van der Waals surface area contributed by atoms with E-state index in [4.69, 9.17) is 14.5 Å². The maximum absolute atomic E-state index is 11.6. The molecule has 2 aliphatic rings. The third-order valence-corrected chi connectivity index (χ3v) is 7.77. The van der Waals surface area contributed by atoms with Gasteiger partial charge in [0.05, 0.1) is 11.2 Å². The van der Waals surface area contributed by atoms with Crippen LogP contribution in [0.3, 0.4) is 0 Å². The summed E-state index contributed by atoms with van der Waals surface area (Å²) in [5.74, 6) is 0.509. The average Bonchev–Trinajstić information content (AvgIpc) is 3.44. The lowest BCUT2D eigenvalue weighted by Crippen LogP contribution is -2.45. The van der Waals surface area contributed by atoms with Crippen LogP contribution in [0.2, 0.25) is 0 Å². The van der Waals surface area contributed by atoms with Crippen molar-refractivity contribution in [2.24, 2.45) is 0 Å². The number of nitrogens with one attached hydrogen (secondary N) is 1. The van der Waals surface area contributed by atoms with E-state index >= 15 is 0 Å². The minimum absolute atomic E-state index is 0.315. The number of H-pyrrole nitrogens is 1. The lowest BCUT2D eigenvalue weighted by molar-refractivity contribution is -0.0758. The normalized spacial score (nSPS) is 21.5. The molecule has 2 aromatic carbocycles. The molecule has 2 atom stereocenters. The molecular formula is C26H29N6O6P. The van der Waals surface area contributed by atoms with E-state index in [9.17, 15) is 24.6 Å². The molecule has 0 bridgehead atoms. The quantitative estimate of drug-likeness (QED) is 0.222. The zero-order chi connectivity index (χ0) is 27.3. The summed E-state index contributed by atoms with van der Waals surface area (Å²) in [6.07, 6.45) is -1.18. The highest BCUT2D eigenvalue weighted by molar-refractivity contribution is 7.46. The van der Waals surface area contributed by atoms with Gasteiger partial charge >= 0.3 is 7.82 Å². The SMILES string of the molecule is CN1CCN(c2nc(C3=C(c4c[nH]c5ccccc45)C(O)N(COP(=O)(O)O)C3O)c3ccccc3n2)CC1. The lowest BCUT2D eigenvalue weighted by Gasteiger charge is -2.32. The lowest BCUT2D eigenvalue weighted by atomic mass is 9.96. The fraction of sp³-hybridized carbons (Fsp3) is 0.308. The van der Waals surface area contributed by atoms with Crippen molar-refractivity contribution in [3.63, 3.8) is 0 Å². The highest BCUT2D eigenvalue weighted by Crippen LogP contribution is 2.45. The number of nitrogens with zero attached hydrogens (tertiary/aromatic N) is 5. The first-order valence-corrected chi connectivity index (χ1v) is 14.1. The summed E-state index contributed by atoms with van der Waals surface area (Å²) in [4.78, 5) is 37.0. The number of piperazine rings is 1. The van der Waals surface area contributed by atoms with Crippen LogP contribution in [0.1, 0.15) is 11.3 Å². The van der Waals surface area contributed by atoms with Crippen molar-refractivity contribution in [1.29, 1.82) is 0 Å². The van der Waals surface area contributed by atoms with Crippen LogP contribution < -0.4 is 4.90 Å². The van der Waals surface area contributed by atoms with Gasteiger partial charge in [0.15, 0.2) is 0 Å². The highest BCUT2D eigenvalue weighted by Gasteiger charge is 2.43. The molecule has 0 radical (unpaired) electrons. The van der Waals surface area contributed by atoms with Gasteiger partial charge in [0.2, 0.25) is 5.95 Å². The minimum Gasteiger partial charge on any atom is -0.374 e. The number of hydrogen-bond acceptors (Lipinski definition) is 9. The smallest absolute Gasteiger partial charge is 0.374 e. The molecule has 2 aliphatic heterocycles. The highest BCUT2D eigenvalue weighted by atomic mass is 31.2. The van der Waals surface area contributed by atoms with Gasteiger partial charge in [-0.3, -0.25) is 4.52 Å². The number of aliphatic hydroxyl groups excluding tert-OH is 2. The first-order chi connectivity index (χ1) is 18.7. The van der Waals surface area contributed by atoms with Gasteiger partial charge in [-0.1, -0.05) is 36.4 Å². The number of para-hydroxylation sites is 2. The van der Waals surface area contributed by atoms with Gasteiger partial charge in [0.1, 0.15) is 19.2 Å². The molecule has 4 aromatic rings. The molecule has 6 rings (SSSR count). The summed E-state index contributed by atoms with van der Waals surface area (Å²) in [7, 11) is -2.81. The maximum Gasteiger partial charge on any atom is 0.470 e. The van der Waals surface area contributed by atoms with E-state index in [0.717, 1.165) is 42.0 Å². The summed E-state index contributed by atoms with van der Waals surface area (Å²) in [5.41, 5.74) is 3.25. The van der Waals surface area contributed by atoms with E-state index < -0.39 is 27.0 Å². The largest absolute Gasteiger partial charge is 0.470 e. The number of benzene rings is 2. The average molecular weight is 553 g/mol. The standard InChI is InChI=1S/C26H29N6O6P/c1-30-10-12-31(13-11-30)26-28-20-9-5-3-7-17(20)23(29-26)22-21(18-14-27-19-8-4-2-6-16(18)19)24(33)32(25(22)34)15-38-39(35,36)37/h2-9,14,24-25,27,33-34H,10-13,15H2,1H3,(H2,35,36,37). The summed E-state index contributed by atoms with van der Waals surface area (Å²) >= 11 is 0. The van der Waals surface area contributed by atoms with Crippen molar-refractivity contribution in [3.05, 3.63) is 66.0 Å². The monoisotopic (exact) mass is 552 g/mol. The first-order valence-electron chi connectivity index (χ1n) is 12.5. The number of aliphatic hydroxyl groups is 2. The number of aromatic amines is 1. The fourth-order valence-corrected chi connectivity index (χ4v) is 5.56. The molecule has 0 aliphatic carbocycles. The Morgan fingerprint density at radius 1 is 0.949 bits per heavy atom. The van der Waals surface area contributed by atoms with Crippen LogP contribution in [0.15, 0.2) is 54.7 Å². The summed E-state index contributed by atoms with van der Waals surface area (Å²) in [5, 5.41) is 24.6. The van der Waals surface area contributed by atoms with Crippen LogP contribution in [0.25, 0.3) is 33.0 Å². The van der Waals surface area contributed by atoms with Crippen molar-refractivity contribution in [2.45, 2.75) is 12.5 Å². The van der Waals surface area contributed by atoms with Crippen molar-refractivity contribution in [2.75, 3.05) is 44.9 Å². The number of anilines is 1. The van der Waals surface area contributed by atoms with Crippen molar-refractivity contribution in [1.82, 2.24) is 24.8 Å². The minimum atomic E-state index is -4.88. The van der Waals surface area contributed by atoms with Crippen LogP contribution in [-0.2, 0) is 9.09 Å². The van der Waals surface area contributed by atoms with Crippen LogP contribution >= 0.6 is 7.82 Å². The molecule has 0 amide bonds. The predicted molar refractivity (Wildman–Crippen MR) is 146 cm³/mol. The molecule has 2 unspecified atom stereocenters. The van der Waals surface area contributed by atoms with Crippen molar-refractivity contribution >= 4 is 46.7 Å². The molecule has 2 aromatic heterocycles. The molecular weight excluding hydrogens is 523 g/mol. The number of phosphoric acid groups is 1. The third-order valence-electron chi connectivity index (χ3n) is 7.32. The topological polar surface area (TPSA) is 159 Å². The van der Waals surface area contributed by atoms with E-state index in [1.54, 1.807) is 6.20 Å². The van der Waals surface area contributed by atoms with E-state index in [1.165, 1.54) is 0 Å². The fourth-order valence-electron chi connectivity index (χ4n) is 5.27. The van der Waals surface area contributed by atoms with Gasteiger partial charge < -0.3 is 34.8 Å². The van der Waals surface area contributed by atoms with Gasteiger partial charge in [0.25, 0.3) is 0 Å². The Morgan fingerprint density at radius 2 is 1.62 bits per heavy atom. The van der Waals surface area contributed by atoms with Crippen LogP contribution in [0, 0.1) is 0 Å². The van der Waals surface area contributed by atoms with Gasteiger partial charge in [0, 0.05) is 65.4 Å². The number of aromatic nitrogens is 3. The second kappa shape index (κ2) is 10.1. The summed E-state index contributed by atoms with van der Waals surface area (Å²) in [6, 6.07) is 15.0. The second-order valence-electron chi connectivity index (χ2n) is 9.77. The zero-order valence-corrected chi connectivity index (χ0v) is 22.1. The van der Waals surface area contributed by atoms with E-state index in [2.05, 4.69) is 21.8 Å². The molecule has 1 saturated heterocycles. The zero-order valence-electron chi connectivity index (χ0n) is 21.2. The molecule has 39 heavy (non-hydrogen) atoms. The molecule has 0 saturated carbocycles. The number of fused-ring (bicyclic) bond motifs is 2. The molecule has 204 valence electrons. The van der Waals surface area contributed by atoms with Gasteiger partial charge in [-0.15, -0.1) is 0 Å². The van der Waals surface area contributed by atoms with Crippen LogP contribution in [0.5, 0.6) is 0 Å². The first kappa shape index (κ1) is 26.1. The second-order valence-corrected chi connectivity index (χ2v) is 11.0. The van der Waals surface area contributed by atoms with Crippen molar-refractivity contribution in [3.8, 4) is 0 Å². The number of phosphoric ester groups is 1. The van der Waals surface area contributed by atoms with E-state index in [0.29, 0.717) is 39.3 Å². The Balaban J connectivity index is 1.56.